The van der Waals surface area contributed by atoms with Gasteiger partial charge in [-0.1, -0.05) is 35.0 Å². The lowest BCUT2D eigenvalue weighted by atomic mass is 10.2. The zero-order valence-corrected chi connectivity index (χ0v) is 11.8. The quantitative estimate of drug-likeness (QED) is 0.549. The molecule has 104 valence electrons. The Balaban J connectivity index is 2.24. The van der Waals surface area contributed by atoms with Crippen LogP contribution in [0.2, 0.25) is 5.15 Å². The summed E-state index contributed by atoms with van der Waals surface area (Å²) in [5.41, 5.74) is 2.03. The van der Waals surface area contributed by atoms with Crippen LogP contribution in [0.5, 0.6) is 0 Å². The summed E-state index contributed by atoms with van der Waals surface area (Å²) < 4.78 is 1.60. The van der Waals surface area contributed by atoms with Gasteiger partial charge in [-0.15, -0.1) is 5.10 Å². The van der Waals surface area contributed by atoms with Crippen LogP contribution < -0.4 is 0 Å². The highest BCUT2D eigenvalue weighted by Gasteiger charge is 2.18. The molecule has 2 heterocycles. The van der Waals surface area contributed by atoms with Gasteiger partial charge >= 0.3 is 0 Å². The zero-order valence-electron chi connectivity index (χ0n) is 11.1. The number of rotatable bonds is 3. The van der Waals surface area contributed by atoms with E-state index in [1.807, 2.05) is 30.3 Å². The van der Waals surface area contributed by atoms with Gasteiger partial charge < -0.3 is 0 Å². The molecule has 0 aliphatic heterocycles. The van der Waals surface area contributed by atoms with Crippen LogP contribution in [0.1, 0.15) is 16.2 Å². The van der Waals surface area contributed by atoms with E-state index in [-0.39, 0.29) is 10.7 Å². The smallest absolute Gasteiger partial charge is 0.155 e. The molecule has 21 heavy (non-hydrogen) atoms. The Bertz CT molecular complexity index is 800. The van der Waals surface area contributed by atoms with Gasteiger partial charge in [-0.25, -0.2) is 14.6 Å². The minimum atomic E-state index is 0.119. The maximum absolute atomic E-state index is 11.3. The van der Waals surface area contributed by atoms with Crippen LogP contribution in [0.4, 0.5) is 0 Å². The number of carbonyl (C=O) groups is 1. The lowest BCUT2D eigenvalue weighted by molar-refractivity contribution is 0.112. The minimum absolute atomic E-state index is 0.119. The third kappa shape index (κ3) is 2.41. The Hall–Kier alpha value is -2.60. The maximum atomic E-state index is 11.3. The lowest BCUT2D eigenvalue weighted by Crippen LogP contribution is -2.05. The van der Waals surface area contributed by atoms with Crippen molar-refractivity contribution in [1.29, 1.82) is 0 Å². The summed E-state index contributed by atoms with van der Waals surface area (Å²) in [7, 11) is 0. The van der Waals surface area contributed by atoms with E-state index in [9.17, 15) is 4.79 Å². The molecule has 0 saturated heterocycles. The standard InChI is InChI=1S/C14H10ClN5O/c1-9-17-13(11(8-21)14(15)18-9)12-7-16-19-20(12)10-5-3-2-4-6-10/h2-8H,1H3. The predicted molar refractivity (Wildman–Crippen MR) is 77.5 cm³/mol. The Labute approximate surface area is 125 Å². The molecule has 0 unspecified atom stereocenters. The second kappa shape index (κ2) is 5.41. The van der Waals surface area contributed by atoms with Gasteiger partial charge in [0.15, 0.2) is 6.29 Å². The van der Waals surface area contributed by atoms with E-state index in [2.05, 4.69) is 20.3 Å². The van der Waals surface area contributed by atoms with Crippen molar-refractivity contribution < 1.29 is 4.79 Å². The molecule has 0 spiro atoms. The topological polar surface area (TPSA) is 73.6 Å². The summed E-state index contributed by atoms with van der Waals surface area (Å²) in [5, 5.41) is 8.07. The SMILES string of the molecule is Cc1nc(Cl)c(C=O)c(-c2cnnn2-c2ccccc2)n1. The second-order valence-electron chi connectivity index (χ2n) is 4.31. The monoisotopic (exact) mass is 299 g/mol. The maximum Gasteiger partial charge on any atom is 0.155 e. The van der Waals surface area contributed by atoms with Crippen molar-refractivity contribution in [3.63, 3.8) is 0 Å². The molecule has 2 aromatic heterocycles. The third-order valence-corrected chi connectivity index (χ3v) is 3.21. The Morgan fingerprint density at radius 3 is 2.67 bits per heavy atom. The van der Waals surface area contributed by atoms with Crippen molar-refractivity contribution in [2.75, 3.05) is 0 Å². The zero-order chi connectivity index (χ0) is 14.8. The number of para-hydroxylation sites is 1. The average molecular weight is 300 g/mol. The van der Waals surface area contributed by atoms with Crippen molar-refractivity contribution >= 4 is 17.9 Å². The first-order chi connectivity index (χ1) is 10.2. The number of nitrogens with zero attached hydrogens (tertiary/aromatic N) is 5. The van der Waals surface area contributed by atoms with Gasteiger partial charge in [0, 0.05) is 0 Å². The highest BCUT2D eigenvalue weighted by Crippen LogP contribution is 2.26. The van der Waals surface area contributed by atoms with Crippen molar-refractivity contribution in [1.82, 2.24) is 25.0 Å². The van der Waals surface area contributed by atoms with Gasteiger partial charge in [0.25, 0.3) is 0 Å². The summed E-state index contributed by atoms with van der Waals surface area (Å²) in [6.07, 6.45) is 2.18. The molecule has 6 nitrogen and oxygen atoms in total. The molecule has 3 rings (SSSR count). The summed E-state index contributed by atoms with van der Waals surface area (Å²) in [5.74, 6) is 0.474. The van der Waals surface area contributed by atoms with Crippen LogP contribution in [-0.2, 0) is 0 Å². The van der Waals surface area contributed by atoms with Crippen molar-refractivity contribution in [3.05, 3.63) is 53.1 Å². The molecule has 0 bridgehead atoms. The number of carbonyl (C=O) groups excluding carboxylic acids is 1. The fourth-order valence-electron chi connectivity index (χ4n) is 2.00. The number of halogens is 1. The van der Waals surface area contributed by atoms with E-state index in [1.165, 1.54) is 6.20 Å². The first-order valence-corrected chi connectivity index (χ1v) is 6.54. The molecule has 7 heteroatoms. The normalized spacial score (nSPS) is 10.6. The van der Waals surface area contributed by atoms with E-state index >= 15 is 0 Å². The second-order valence-corrected chi connectivity index (χ2v) is 4.67. The predicted octanol–water partition coefficient (Wildman–Crippen LogP) is 2.50. The third-order valence-electron chi connectivity index (χ3n) is 2.92. The number of hydrogen-bond donors (Lipinski definition) is 0. The first-order valence-electron chi connectivity index (χ1n) is 6.16. The van der Waals surface area contributed by atoms with Crippen LogP contribution in [0, 0.1) is 6.92 Å². The highest BCUT2D eigenvalue weighted by atomic mass is 35.5. The van der Waals surface area contributed by atoms with Gasteiger partial charge in [-0.05, 0) is 19.1 Å². The Kier molecular flexibility index (Phi) is 3.45. The van der Waals surface area contributed by atoms with E-state index in [0.29, 0.717) is 23.5 Å². The molecule has 0 amide bonds. The number of benzene rings is 1. The van der Waals surface area contributed by atoms with E-state index < -0.39 is 0 Å². The van der Waals surface area contributed by atoms with Crippen LogP contribution in [0.15, 0.2) is 36.5 Å². The molecular weight excluding hydrogens is 290 g/mol. The van der Waals surface area contributed by atoms with Crippen molar-refractivity contribution in [3.8, 4) is 17.1 Å². The van der Waals surface area contributed by atoms with Crippen LogP contribution >= 0.6 is 11.6 Å². The summed E-state index contributed by atoms with van der Waals surface area (Å²) >= 11 is 6.02. The van der Waals surface area contributed by atoms with Crippen molar-refractivity contribution in [2.45, 2.75) is 6.92 Å². The molecule has 0 saturated carbocycles. The lowest BCUT2D eigenvalue weighted by Gasteiger charge is -2.08. The Morgan fingerprint density at radius 1 is 1.19 bits per heavy atom. The molecule has 0 radical (unpaired) electrons. The molecule has 0 fully saturated rings. The van der Waals surface area contributed by atoms with Crippen LogP contribution in [0.3, 0.4) is 0 Å². The molecule has 3 aromatic rings. The van der Waals surface area contributed by atoms with E-state index in [4.69, 9.17) is 11.6 Å². The molecule has 1 aromatic carbocycles. The van der Waals surface area contributed by atoms with Gasteiger partial charge in [0.05, 0.1) is 17.4 Å². The van der Waals surface area contributed by atoms with E-state index in [0.717, 1.165) is 5.69 Å². The minimum Gasteiger partial charge on any atom is -0.298 e. The molecule has 0 aliphatic carbocycles. The van der Waals surface area contributed by atoms with Crippen LogP contribution in [0.25, 0.3) is 17.1 Å². The van der Waals surface area contributed by atoms with Crippen molar-refractivity contribution in [2.24, 2.45) is 0 Å². The number of aldehydes is 1. The van der Waals surface area contributed by atoms with Gasteiger partial charge in [-0.3, -0.25) is 4.79 Å². The number of hydrogen-bond acceptors (Lipinski definition) is 5. The van der Waals surface area contributed by atoms with Crippen LogP contribution in [-0.4, -0.2) is 31.2 Å². The fourth-order valence-corrected chi connectivity index (χ4v) is 2.26. The average Bonchev–Trinajstić information content (AvgIpc) is 2.96. The molecule has 0 atom stereocenters. The fraction of sp³-hybridized carbons (Fsp3) is 0.0714. The largest absolute Gasteiger partial charge is 0.298 e. The molecular formula is C14H10ClN5O. The number of aromatic nitrogens is 5. The summed E-state index contributed by atoms with van der Waals surface area (Å²) in [6, 6.07) is 9.45. The van der Waals surface area contributed by atoms with E-state index in [1.54, 1.807) is 11.6 Å². The van der Waals surface area contributed by atoms with Gasteiger partial charge in [0.1, 0.15) is 22.4 Å². The summed E-state index contributed by atoms with van der Waals surface area (Å²) in [6.45, 7) is 1.71. The van der Waals surface area contributed by atoms with Gasteiger partial charge in [0.2, 0.25) is 0 Å². The first kappa shape index (κ1) is 13.4. The van der Waals surface area contributed by atoms with Gasteiger partial charge in [-0.2, -0.15) is 0 Å². The Morgan fingerprint density at radius 2 is 1.95 bits per heavy atom. The summed E-state index contributed by atoms with van der Waals surface area (Å²) in [4.78, 5) is 19.6. The molecule has 0 aliphatic rings. The number of aryl methyl sites for hydroxylation is 1. The highest BCUT2D eigenvalue weighted by molar-refractivity contribution is 6.32. The molecule has 0 N–H and O–H groups in total.